The zero-order valence-corrected chi connectivity index (χ0v) is 21.6. The lowest BCUT2D eigenvalue weighted by molar-refractivity contribution is -0.384. The number of anilines is 3. The molecule has 3 heterocycles. The molecule has 1 amide bonds. The van der Waals surface area contributed by atoms with Crippen LogP contribution >= 0.6 is 0 Å². The first-order chi connectivity index (χ1) is 17.7. The third kappa shape index (κ3) is 5.61. The second kappa shape index (κ2) is 10.1. The lowest BCUT2D eigenvalue weighted by Crippen LogP contribution is -2.55. The molecule has 0 radical (unpaired) electrons. The molecule has 3 N–H and O–H groups in total. The van der Waals surface area contributed by atoms with E-state index in [4.69, 9.17) is 4.74 Å². The molecule has 2 saturated heterocycles. The zero-order chi connectivity index (χ0) is 26.2. The fourth-order valence-corrected chi connectivity index (χ4v) is 5.63. The number of hydrogen-bond donors (Lipinski definition) is 3. The van der Waals surface area contributed by atoms with Crippen molar-refractivity contribution in [3.05, 3.63) is 46.1 Å². The zero-order valence-electron chi connectivity index (χ0n) is 21.6. The largest absolute Gasteiger partial charge is 0.444 e. The number of para-hydroxylation sites is 1. The van der Waals surface area contributed by atoms with Crippen molar-refractivity contribution in [2.24, 2.45) is 0 Å². The van der Waals surface area contributed by atoms with Crippen LogP contribution in [-0.2, 0) is 4.74 Å². The average molecular weight is 510 g/mol. The van der Waals surface area contributed by atoms with E-state index in [0.29, 0.717) is 6.54 Å². The Morgan fingerprint density at radius 2 is 1.95 bits per heavy atom. The highest BCUT2D eigenvalue weighted by Gasteiger charge is 2.45. The maximum absolute atomic E-state index is 13.3. The summed E-state index contributed by atoms with van der Waals surface area (Å²) in [5, 5.41) is 21.8. The van der Waals surface area contributed by atoms with Gasteiger partial charge >= 0.3 is 11.8 Å². The third-order valence-corrected chi connectivity index (χ3v) is 7.23. The highest BCUT2D eigenvalue weighted by atomic mass is 16.6. The van der Waals surface area contributed by atoms with Crippen LogP contribution in [0.2, 0.25) is 0 Å². The first-order valence-corrected chi connectivity index (χ1v) is 13.1. The van der Waals surface area contributed by atoms with E-state index in [1.54, 1.807) is 0 Å². The van der Waals surface area contributed by atoms with Crippen LogP contribution in [0.25, 0.3) is 0 Å². The topological polar surface area (TPSA) is 135 Å². The number of nitrogens with zero attached hydrogens (tertiary/aromatic N) is 4. The van der Waals surface area contributed by atoms with Gasteiger partial charge in [0.2, 0.25) is 11.8 Å². The molecule has 3 fully saturated rings. The molecule has 198 valence electrons. The van der Waals surface area contributed by atoms with Crippen LogP contribution < -0.4 is 16.0 Å². The molecule has 2 aromatic rings. The molecular formula is C26H35N7O4. The van der Waals surface area contributed by atoms with Crippen molar-refractivity contribution in [3.8, 4) is 0 Å². The summed E-state index contributed by atoms with van der Waals surface area (Å²) < 4.78 is 5.77. The first-order valence-electron chi connectivity index (χ1n) is 13.1. The van der Waals surface area contributed by atoms with Crippen molar-refractivity contribution in [1.29, 1.82) is 0 Å². The molecule has 11 nitrogen and oxygen atoms in total. The van der Waals surface area contributed by atoms with Crippen molar-refractivity contribution in [2.75, 3.05) is 17.2 Å². The molecule has 1 aromatic heterocycles. The molecule has 2 aliphatic heterocycles. The van der Waals surface area contributed by atoms with Crippen LogP contribution in [0.1, 0.15) is 70.9 Å². The van der Waals surface area contributed by atoms with Crippen molar-refractivity contribution in [3.63, 3.8) is 0 Å². The highest BCUT2D eigenvalue weighted by Crippen LogP contribution is 2.40. The van der Waals surface area contributed by atoms with Crippen LogP contribution in [0.15, 0.2) is 30.5 Å². The van der Waals surface area contributed by atoms with Crippen molar-refractivity contribution in [1.82, 2.24) is 20.2 Å². The highest BCUT2D eigenvalue weighted by molar-refractivity contribution is 5.71. The van der Waals surface area contributed by atoms with Crippen molar-refractivity contribution >= 4 is 29.2 Å². The number of piperazine rings is 1. The molecule has 3 atom stereocenters. The van der Waals surface area contributed by atoms with Crippen LogP contribution in [0.5, 0.6) is 0 Å². The second-order valence-corrected chi connectivity index (χ2v) is 11.1. The lowest BCUT2D eigenvalue weighted by Gasteiger charge is -2.42. The van der Waals surface area contributed by atoms with Gasteiger partial charge in [0.15, 0.2) is 0 Å². The number of fused-ring (bicyclic) bond motifs is 2. The number of ether oxygens (including phenoxy) is 1. The van der Waals surface area contributed by atoms with Gasteiger partial charge in [-0.3, -0.25) is 15.0 Å². The molecule has 37 heavy (non-hydrogen) atoms. The number of nitro groups is 1. The maximum atomic E-state index is 13.3. The van der Waals surface area contributed by atoms with E-state index < -0.39 is 10.5 Å². The van der Waals surface area contributed by atoms with Gasteiger partial charge in [0.1, 0.15) is 11.8 Å². The van der Waals surface area contributed by atoms with Crippen LogP contribution in [0, 0.1) is 10.1 Å². The average Bonchev–Trinajstić information content (AvgIpc) is 3.48. The number of hydrogen-bond acceptors (Lipinski definition) is 9. The van der Waals surface area contributed by atoms with E-state index in [0.717, 1.165) is 49.8 Å². The Morgan fingerprint density at radius 1 is 1.19 bits per heavy atom. The third-order valence-electron chi connectivity index (χ3n) is 7.23. The van der Waals surface area contributed by atoms with E-state index in [2.05, 4.69) is 25.9 Å². The number of aromatic nitrogens is 2. The van der Waals surface area contributed by atoms with Gasteiger partial charge in [0, 0.05) is 30.4 Å². The lowest BCUT2D eigenvalue weighted by atomic mass is 9.94. The standard InChI is InChI=1S/C26H35N7O4/c1-26(2,3)37-25(34)32-15-17-12-13-20(28-17)22(32)18-10-6-7-11-19(18)30-24-27-14-21(33(35)36)23(31-24)29-16-8-4-5-9-16/h6-7,10-11,14,16-17,20,22,28H,4-5,8-9,12-13,15H2,1-3H3,(H2,27,29,30,31). The monoisotopic (exact) mass is 509 g/mol. The quantitative estimate of drug-likeness (QED) is 0.367. The number of likely N-dealkylation sites (tertiary alicyclic amines) is 1. The number of amides is 1. The van der Waals surface area contributed by atoms with Crippen LogP contribution in [-0.4, -0.2) is 56.2 Å². The minimum absolute atomic E-state index is 0.0894. The Bertz CT molecular complexity index is 1160. The van der Waals surface area contributed by atoms with Gasteiger partial charge in [-0.15, -0.1) is 0 Å². The minimum Gasteiger partial charge on any atom is -0.444 e. The van der Waals surface area contributed by atoms with Gasteiger partial charge in [-0.1, -0.05) is 31.0 Å². The number of benzene rings is 1. The summed E-state index contributed by atoms with van der Waals surface area (Å²) in [5.74, 6) is 0.482. The van der Waals surface area contributed by atoms with E-state index in [1.807, 2.05) is 49.9 Å². The summed E-state index contributed by atoms with van der Waals surface area (Å²) in [5.41, 5.74) is 0.918. The molecule has 2 bridgehead atoms. The van der Waals surface area contributed by atoms with E-state index in [1.165, 1.54) is 6.20 Å². The van der Waals surface area contributed by atoms with Gasteiger partial charge < -0.3 is 20.7 Å². The maximum Gasteiger partial charge on any atom is 0.410 e. The number of carbonyl (C=O) groups excluding carboxylic acids is 1. The molecule has 5 rings (SSSR count). The van der Waals surface area contributed by atoms with E-state index >= 15 is 0 Å². The summed E-state index contributed by atoms with van der Waals surface area (Å²) in [4.78, 5) is 35.0. The predicted octanol–water partition coefficient (Wildman–Crippen LogP) is 4.90. The number of rotatable bonds is 6. The van der Waals surface area contributed by atoms with Gasteiger partial charge in [-0.25, -0.2) is 9.78 Å². The summed E-state index contributed by atoms with van der Waals surface area (Å²) in [7, 11) is 0. The Kier molecular flexibility index (Phi) is 6.89. The molecular weight excluding hydrogens is 474 g/mol. The second-order valence-electron chi connectivity index (χ2n) is 11.1. The molecule has 1 aromatic carbocycles. The Labute approximate surface area is 216 Å². The summed E-state index contributed by atoms with van der Waals surface area (Å²) in [6, 6.07) is 8.01. The predicted molar refractivity (Wildman–Crippen MR) is 140 cm³/mol. The summed E-state index contributed by atoms with van der Waals surface area (Å²) in [6.07, 6.45) is 6.98. The molecule has 3 unspecified atom stereocenters. The molecule has 1 saturated carbocycles. The van der Waals surface area contributed by atoms with Crippen molar-refractivity contribution in [2.45, 2.75) is 89.1 Å². The van der Waals surface area contributed by atoms with Gasteiger partial charge in [0.25, 0.3) is 0 Å². The Morgan fingerprint density at radius 3 is 2.68 bits per heavy atom. The fraction of sp³-hybridized carbons (Fsp3) is 0.577. The van der Waals surface area contributed by atoms with Crippen LogP contribution in [0.3, 0.4) is 0 Å². The SMILES string of the molecule is CC(C)(C)OC(=O)N1CC2CCC(N2)C1c1ccccc1Nc1ncc([N+](=O)[O-])c(NC2CCCC2)n1. The van der Waals surface area contributed by atoms with E-state index in [9.17, 15) is 14.9 Å². The molecule has 0 spiro atoms. The molecule has 3 aliphatic rings. The van der Waals surface area contributed by atoms with Gasteiger partial charge in [0.05, 0.1) is 11.0 Å². The minimum atomic E-state index is -0.599. The summed E-state index contributed by atoms with van der Waals surface area (Å²) >= 11 is 0. The van der Waals surface area contributed by atoms with Crippen LogP contribution in [0.4, 0.5) is 27.9 Å². The van der Waals surface area contributed by atoms with E-state index in [-0.39, 0.29) is 47.7 Å². The molecule has 1 aliphatic carbocycles. The summed E-state index contributed by atoms with van der Waals surface area (Å²) in [6.45, 7) is 6.17. The smallest absolute Gasteiger partial charge is 0.410 e. The van der Waals surface area contributed by atoms with Gasteiger partial charge in [-0.2, -0.15) is 4.98 Å². The number of carbonyl (C=O) groups is 1. The van der Waals surface area contributed by atoms with Crippen molar-refractivity contribution < 1.29 is 14.5 Å². The normalized spacial score (nSPS) is 23.6. The molecule has 11 heteroatoms. The van der Waals surface area contributed by atoms with Gasteiger partial charge in [-0.05, 0) is 58.1 Å². The Hall–Kier alpha value is -3.47. The fourth-order valence-electron chi connectivity index (χ4n) is 5.63. The Balaban J connectivity index is 1.45. The number of nitrogens with one attached hydrogen (secondary N) is 3. The first kappa shape index (κ1) is 25.2.